The molecule has 0 saturated heterocycles. The molecule has 120 valence electrons. The van der Waals surface area contributed by atoms with E-state index >= 15 is 0 Å². The van der Waals surface area contributed by atoms with Crippen LogP contribution in [0.4, 0.5) is 0 Å². The van der Waals surface area contributed by atoms with E-state index < -0.39 is 0 Å². The molecule has 0 amide bonds. The summed E-state index contributed by atoms with van der Waals surface area (Å²) in [6, 6.07) is 0. The maximum atomic E-state index is 4.36. The molecule has 0 aromatic carbocycles. The van der Waals surface area contributed by atoms with Gasteiger partial charge in [-0.25, -0.2) is 4.98 Å². The highest BCUT2D eigenvalue weighted by Gasteiger charge is 2.18. The number of aliphatic imine (C=N–C) groups is 1. The Kier molecular flexibility index (Phi) is 8.55. The zero-order valence-electron chi connectivity index (χ0n) is 13.2. The molecule has 4 nitrogen and oxygen atoms in total. The highest BCUT2D eigenvalue weighted by Crippen LogP contribution is 2.27. The molecule has 1 aromatic rings. The van der Waals surface area contributed by atoms with Crippen molar-refractivity contribution >= 4 is 41.3 Å². The van der Waals surface area contributed by atoms with Crippen LogP contribution in [0.5, 0.6) is 0 Å². The van der Waals surface area contributed by atoms with Crippen molar-refractivity contribution in [3.05, 3.63) is 16.1 Å². The Morgan fingerprint density at radius 1 is 1.43 bits per heavy atom. The molecule has 2 atom stereocenters. The lowest BCUT2D eigenvalue weighted by Crippen LogP contribution is -2.40. The van der Waals surface area contributed by atoms with E-state index in [1.807, 2.05) is 13.2 Å². The standard InChI is InChI=1S/C15H26N4S.HI/c1-11-5-4-6-13(7-11)9-18-15(16-3)19-10-14-17-8-12(2)20-14;/h8,11,13H,4-7,9-10H2,1-3H3,(H2,16,18,19);1H. The van der Waals surface area contributed by atoms with Gasteiger partial charge in [-0.05, 0) is 31.6 Å². The molecule has 0 bridgehead atoms. The van der Waals surface area contributed by atoms with E-state index in [4.69, 9.17) is 0 Å². The molecule has 1 heterocycles. The molecule has 0 aliphatic heterocycles. The van der Waals surface area contributed by atoms with Crippen LogP contribution in [0.1, 0.15) is 42.5 Å². The second kappa shape index (κ2) is 9.61. The Balaban J connectivity index is 0.00000220. The van der Waals surface area contributed by atoms with Crippen LogP contribution in [-0.4, -0.2) is 24.5 Å². The number of aromatic nitrogens is 1. The number of halogens is 1. The number of aryl methyl sites for hydroxylation is 1. The van der Waals surface area contributed by atoms with E-state index in [-0.39, 0.29) is 24.0 Å². The van der Waals surface area contributed by atoms with Crippen LogP contribution in [-0.2, 0) is 6.54 Å². The van der Waals surface area contributed by atoms with Gasteiger partial charge in [0.1, 0.15) is 5.01 Å². The van der Waals surface area contributed by atoms with E-state index in [1.54, 1.807) is 11.3 Å². The number of hydrogen-bond donors (Lipinski definition) is 2. The average Bonchev–Trinajstić information content (AvgIpc) is 2.85. The van der Waals surface area contributed by atoms with E-state index in [0.29, 0.717) is 0 Å². The van der Waals surface area contributed by atoms with E-state index in [1.165, 1.54) is 30.6 Å². The van der Waals surface area contributed by atoms with Crippen LogP contribution < -0.4 is 10.6 Å². The van der Waals surface area contributed by atoms with Gasteiger partial charge in [0.2, 0.25) is 0 Å². The van der Waals surface area contributed by atoms with Gasteiger partial charge < -0.3 is 10.6 Å². The van der Waals surface area contributed by atoms with Gasteiger partial charge in [-0.2, -0.15) is 0 Å². The van der Waals surface area contributed by atoms with Crippen LogP contribution in [0, 0.1) is 18.8 Å². The molecular formula is C15H27IN4S. The van der Waals surface area contributed by atoms with Crippen molar-refractivity contribution in [2.45, 2.75) is 46.1 Å². The monoisotopic (exact) mass is 422 g/mol. The van der Waals surface area contributed by atoms with E-state index in [9.17, 15) is 0 Å². The largest absolute Gasteiger partial charge is 0.356 e. The van der Waals surface area contributed by atoms with Crippen LogP contribution in [0.2, 0.25) is 0 Å². The number of guanidine groups is 1. The first-order chi connectivity index (χ1) is 9.67. The minimum absolute atomic E-state index is 0. The van der Waals surface area contributed by atoms with Gasteiger partial charge in [-0.15, -0.1) is 35.3 Å². The Hall–Kier alpha value is -0.370. The normalized spacial score (nSPS) is 22.5. The molecule has 2 unspecified atom stereocenters. The van der Waals surface area contributed by atoms with Crippen molar-refractivity contribution in [3.8, 4) is 0 Å². The third-order valence-electron chi connectivity index (χ3n) is 3.90. The fourth-order valence-corrected chi connectivity index (χ4v) is 3.58. The molecule has 2 rings (SSSR count). The Bertz CT molecular complexity index is 447. The third-order valence-corrected chi connectivity index (χ3v) is 4.82. The summed E-state index contributed by atoms with van der Waals surface area (Å²) in [6.07, 6.45) is 7.38. The summed E-state index contributed by atoms with van der Waals surface area (Å²) in [7, 11) is 1.83. The highest BCUT2D eigenvalue weighted by atomic mass is 127. The van der Waals surface area contributed by atoms with Crippen LogP contribution in [0.25, 0.3) is 0 Å². The molecule has 1 saturated carbocycles. The van der Waals surface area contributed by atoms with Gasteiger partial charge in [0.25, 0.3) is 0 Å². The van der Waals surface area contributed by atoms with Crippen molar-refractivity contribution in [1.82, 2.24) is 15.6 Å². The van der Waals surface area contributed by atoms with Gasteiger partial charge in [0.05, 0.1) is 6.54 Å². The Labute approximate surface area is 149 Å². The van der Waals surface area contributed by atoms with E-state index in [2.05, 4.69) is 34.5 Å². The van der Waals surface area contributed by atoms with Gasteiger partial charge >= 0.3 is 0 Å². The molecule has 1 aromatic heterocycles. The Morgan fingerprint density at radius 3 is 2.86 bits per heavy atom. The van der Waals surface area contributed by atoms with Gasteiger partial charge in [-0.1, -0.05) is 19.8 Å². The first-order valence-electron chi connectivity index (χ1n) is 7.53. The molecule has 1 aliphatic rings. The lowest BCUT2D eigenvalue weighted by atomic mass is 9.82. The Morgan fingerprint density at radius 2 is 2.24 bits per heavy atom. The van der Waals surface area contributed by atoms with Gasteiger partial charge in [-0.3, -0.25) is 4.99 Å². The first-order valence-corrected chi connectivity index (χ1v) is 8.35. The lowest BCUT2D eigenvalue weighted by molar-refractivity contribution is 0.282. The number of nitrogens with one attached hydrogen (secondary N) is 2. The van der Waals surface area contributed by atoms with Gasteiger partial charge in [0, 0.05) is 24.7 Å². The summed E-state index contributed by atoms with van der Waals surface area (Å²) in [6.45, 7) is 6.22. The average molecular weight is 422 g/mol. The minimum Gasteiger partial charge on any atom is -0.356 e. The summed E-state index contributed by atoms with van der Waals surface area (Å²) >= 11 is 1.73. The van der Waals surface area contributed by atoms with Crippen molar-refractivity contribution in [2.24, 2.45) is 16.8 Å². The molecule has 0 radical (unpaired) electrons. The topological polar surface area (TPSA) is 49.3 Å². The predicted molar refractivity (Wildman–Crippen MR) is 102 cm³/mol. The molecular weight excluding hydrogens is 395 g/mol. The summed E-state index contributed by atoms with van der Waals surface area (Å²) in [5.41, 5.74) is 0. The smallest absolute Gasteiger partial charge is 0.191 e. The van der Waals surface area contributed by atoms with Crippen molar-refractivity contribution in [1.29, 1.82) is 0 Å². The zero-order valence-corrected chi connectivity index (χ0v) is 16.3. The van der Waals surface area contributed by atoms with Crippen molar-refractivity contribution < 1.29 is 0 Å². The zero-order chi connectivity index (χ0) is 14.4. The fraction of sp³-hybridized carbons (Fsp3) is 0.733. The summed E-state index contributed by atoms with van der Waals surface area (Å²) in [5, 5.41) is 7.90. The van der Waals surface area contributed by atoms with E-state index in [0.717, 1.165) is 35.9 Å². The predicted octanol–water partition coefficient (Wildman–Crippen LogP) is 3.56. The second-order valence-corrected chi connectivity index (χ2v) is 7.13. The van der Waals surface area contributed by atoms with Crippen molar-refractivity contribution in [2.75, 3.05) is 13.6 Å². The number of rotatable bonds is 4. The molecule has 1 aliphatic carbocycles. The lowest BCUT2D eigenvalue weighted by Gasteiger charge is -2.27. The molecule has 2 N–H and O–H groups in total. The van der Waals surface area contributed by atoms with Crippen LogP contribution >= 0.6 is 35.3 Å². The number of nitrogens with zero attached hydrogens (tertiary/aromatic N) is 2. The molecule has 0 spiro atoms. The quantitative estimate of drug-likeness (QED) is 0.443. The second-order valence-electron chi connectivity index (χ2n) is 5.81. The molecule has 1 fully saturated rings. The summed E-state index contributed by atoms with van der Waals surface area (Å²) in [4.78, 5) is 9.89. The van der Waals surface area contributed by atoms with Gasteiger partial charge in [0.15, 0.2) is 5.96 Å². The number of hydrogen-bond acceptors (Lipinski definition) is 3. The van der Waals surface area contributed by atoms with Crippen molar-refractivity contribution in [3.63, 3.8) is 0 Å². The van der Waals surface area contributed by atoms with Crippen LogP contribution in [0.15, 0.2) is 11.2 Å². The first kappa shape index (κ1) is 18.7. The third kappa shape index (κ3) is 6.50. The maximum Gasteiger partial charge on any atom is 0.191 e. The fourth-order valence-electron chi connectivity index (χ4n) is 2.85. The minimum atomic E-state index is 0. The SMILES string of the molecule is CN=C(NCc1ncc(C)s1)NCC1CCCC(C)C1.I. The highest BCUT2D eigenvalue weighted by molar-refractivity contribution is 14.0. The summed E-state index contributed by atoms with van der Waals surface area (Å²) < 4.78 is 0. The number of thiazole rings is 1. The van der Waals surface area contributed by atoms with Crippen LogP contribution in [0.3, 0.4) is 0 Å². The maximum absolute atomic E-state index is 4.36. The summed E-state index contributed by atoms with van der Waals surface area (Å²) in [5.74, 6) is 2.55. The molecule has 21 heavy (non-hydrogen) atoms. The molecule has 6 heteroatoms.